The molecule has 2 aromatic carbocycles. The number of rotatable bonds is 5. The standard InChI is InChI=1S/C16H16INO2/c1-20-13-9-6-12(7-10-13)8-11-16(19)18-15-5-3-2-4-14(15)17/h2-7,9-10H,8,11H2,1H3,(H,18,19). The summed E-state index contributed by atoms with van der Waals surface area (Å²) in [5.41, 5.74) is 2.00. The maximum absolute atomic E-state index is 11.9. The van der Waals surface area contributed by atoms with Crippen LogP contribution >= 0.6 is 22.6 Å². The summed E-state index contributed by atoms with van der Waals surface area (Å²) in [6.45, 7) is 0. The Balaban J connectivity index is 1.87. The van der Waals surface area contributed by atoms with Crippen LogP contribution in [0, 0.1) is 3.57 Å². The number of methoxy groups -OCH3 is 1. The van der Waals surface area contributed by atoms with E-state index in [4.69, 9.17) is 4.74 Å². The quantitative estimate of drug-likeness (QED) is 0.799. The zero-order valence-corrected chi connectivity index (χ0v) is 13.4. The van der Waals surface area contributed by atoms with Gasteiger partial charge in [-0.15, -0.1) is 0 Å². The van der Waals surface area contributed by atoms with Crippen LogP contribution in [0.3, 0.4) is 0 Å². The van der Waals surface area contributed by atoms with Gasteiger partial charge >= 0.3 is 0 Å². The summed E-state index contributed by atoms with van der Waals surface area (Å²) in [6, 6.07) is 15.5. The van der Waals surface area contributed by atoms with E-state index in [9.17, 15) is 4.79 Å². The van der Waals surface area contributed by atoms with Gasteiger partial charge in [-0.3, -0.25) is 4.79 Å². The third-order valence-corrected chi connectivity index (χ3v) is 3.89. The van der Waals surface area contributed by atoms with Crippen LogP contribution in [0.15, 0.2) is 48.5 Å². The van der Waals surface area contributed by atoms with E-state index in [-0.39, 0.29) is 5.91 Å². The Morgan fingerprint density at radius 3 is 2.50 bits per heavy atom. The lowest BCUT2D eigenvalue weighted by atomic mass is 10.1. The summed E-state index contributed by atoms with van der Waals surface area (Å²) in [7, 11) is 1.64. The molecule has 2 aromatic rings. The van der Waals surface area contributed by atoms with Crippen molar-refractivity contribution in [3.05, 3.63) is 57.7 Å². The smallest absolute Gasteiger partial charge is 0.224 e. The van der Waals surface area contributed by atoms with E-state index in [0.717, 1.165) is 27.0 Å². The van der Waals surface area contributed by atoms with Crippen LogP contribution in [0.25, 0.3) is 0 Å². The molecule has 0 radical (unpaired) electrons. The van der Waals surface area contributed by atoms with Gasteiger partial charge in [0.2, 0.25) is 5.91 Å². The molecule has 1 amide bonds. The van der Waals surface area contributed by atoms with Crippen molar-refractivity contribution in [3.8, 4) is 5.75 Å². The molecule has 0 aromatic heterocycles. The van der Waals surface area contributed by atoms with Crippen LogP contribution in [0.4, 0.5) is 5.69 Å². The number of carbonyl (C=O) groups excluding carboxylic acids is 1. The maximum atomic E-state index is 11.9. The highest BCUT2D eigenvalue weighted by Gasteiger charge is 2.05. The van der Waals surface area contributed by atoms with Crippen LogP contribution in [0.5, 0.6) is 5.75 Å². The fraction of sp³-hybridized carbons (Fsp3) is 0.188. The molecule has 0 heterocycles. The molecule has 0 bridgehead atoms. The van der Waals surface area contributed by atoms with E-state index in [1.165, 1.54) is 0 Å². The first-order chi connectivity index (χ1) is 9.69. The molecule has 1 N–H and O–H groups in total. The zero-order chi connectivity index (χ0) is 14.4. The topological polar surface area (TPSA) is 38.3 Å². The molecule has 0 aliphatic rings. The van der Waals surface area contributed by atoms with Crippen LogP contribution in [0.1, 0.15) is 12.0 Å². The van der Waals surface area contributed by atoms with Crippen molar-refractivity contribution < 1.29 is 9.53 Å². The lowest BCUT2D eigenvalue weighted by Gasteiger charge is -2.07. The third-order valence-electron chi connectivity index (χ3n) is 2.95. The van der Waals surface area contributed by atoms with E-state index in [0.29, 0.717) is 6.42 Å². The monoisotopic (exact) mass is 381 g/mol. The van der Waals surface area contributed by atoms with E-state index in [1.54, 1.807) is 7.11 Å². The van der Waals surface area contributed by atoms with Gasteiger partial charge in [-0.05, 0) is 58.8 Å². The highest BCUT2D eigenvalue weighted by atomic mass is 127. The lowest BCUT2D eigenvalue weighted by Crippen LogP contribution is -2.13. The van der Waals surface area contributed by atoms with Crippen molar-refractivity contribution in [3.63, 3.8) is 0 Å². The predicted octanol–water partition coefficient (Wildman–Crippen LogP) is 3.87. The molecule has 0 saturated heterocycles. The number of hydrogen-bond donors (Lipinski definition) is 1. The molecule has 0 saturated carbocycles. The fourth-order valence-corrected chi connectivity index (χ4v) is 2.35. The Labute approximate surface area is 132 Å². The summed E-state index contributed by atoms with van der Waals surface area (Å²) in [4.78, 5) is 11.9. The molecule has 0 aliphatic carbocycles. The molecule has 2 rings (SSSR count). The van der Waals surface area contributed by atoms with Crippen LogP contribution in [-0.2, 0) is 11.2 Å². The van der Waals surface area contributed by atoms with E-state index < -0.39 is 0 Å². The number of halogens is 1. The van der Waals surface area contributed by atoms with Crippen molar-refractivity contribution >= 4 is 34.2 Å². The fourth-order valence-electron chi connectivity index (χ4n) is 1.83. The van der Waals surface area contributed by atoms with Gasteiger partial charge in [0, 0.05) is 9.99 Å². The summed E-state index contributed by atoms with van der Waals surface area (Å²) in [5.74, 6) is 0.863. The predicted molar refractivity (Wildman–Crippen MR) is 89.1 cm³/mol. The molecule has 0 spiro atoms. The molecule has 104 valence electrons. The first-order valence-corrected chi connectivity index (χ1v) is 7.44. The van der Waals surface area contributed by atoms with Crippen LogP contribution < -0.4 is 10.1 Å². The van der Waals surface area contributed by atoms with Crippen LogP contribution in [-0.4, -0.2) is 13.0 Å². The normalized spacial score (nSPS) is 10.1. The van der Waals surface area contributed by atoms with Gasteiger partial charge in [0.15, 0.2) is 0 Å². The van der Waals surface area contributed by atoms with Crippen LogP contribution in [0.2, 0.25) is 0 Å². The van der Waals surface area contributed by atoms with Crippen molar-refractivity contribution in [1.29, 1.82) is 0 Å². The van der Waals surface area contributed by atoms with Crippen molar-refractivity contribution in [2.45, 2.75) is 12.8 Å². The first-order valence-electron chi connectivity index (χ1n) is 6.36. The van der Waals surface area contributed by atoms with Gasteiger partial charge < -0.3 is 10.1 Å². The van der Waals surface area contributed by atoms with Gasteiger partial charge in [0.25, 0.3) is 0 Å². The van der Waals surface area contributed by atoms with Gasteiger partial charge in [-0.25, -0.2) is 0 Å². The van der Waals surface area contributed by atoms with E-state index in [2.05, 4.69) is 27.9 Å². The number of nitrogens with one attached hydrogen (secondary N) is 1. The van der Waals surface area contributed by atoms with Crippen molar-refractivity contribution in [2.75, 3.05) is 12.4 Å². The number of benzene rings is 2. The SMILES string of the molecule is COc1ccc(CCC(=O)Nc2ccccc2I)cc1. The van der Waals surface area contributed by atoms with Gasteiger partial charge in [-0.2, -0.15) is 0 Å². The molecular formula is C16H16INO2. The first kappa shape index (κ1) is 14.8. The number of aryl methyl sites for hydroxylation is 1. The summed E-state index contributed by atoms with van der Waals surface area (Å²) < 4.78 is 6.15. The number of anilines is 1. The molecule has 0 aliphatic heterocycles. The Kier molecular flexibility index (Phi) is 5.40. The van der Waals surface area contributed by atoms with E-state index >= 15 is 0 Å². The van der Waals surface area contributed by atoms with Crippen molar-refractivity contribution in [1.82, 2.24) is 0 Å². The molecule has 20 heavy (non-hydrogen) atoms. The summed E-state index contributed by atoms with van der Waals surface area (Å²) >= 11 is 2.21. The second kappa shape index (κ2) is 7.28. The zero-order valence-electron chi connectivity index (χ0n) is 11.2. The minimum atomic E-state index is 0.0323. The second-order valence-corrected chi connectivity index (χ2v) is 5.54. The average Bonchev–Trinajstić information content (AvgIpc) is 2.48. The van der Waals surface area contributed by atoms with Gasteiger partial charge in [-0.1, -0.05) is 24.3 Å². The summed E-state index contributed by atoms with van der Waals surface area (Å²) in [6.07, 6.45) is 1.19. The molecule has 0 atom stereocenters. The largest absolute Gasteiger partial charge is 0.497 e. The molecule has 0 unspecified atom stereocenters. The number of hydrogen-bond acceptors (Lipinski definition) is 2. The van der Waals surface area contributed by atoms with Crippen molar-refractivity contribution in [2.24, 2.45) is 0 Å². The number of carbonyl (C=O) groups is 1. The Hall–Kier alpha value is -1.56. The molecular weight excluding hydrogens is 365 g/mol. The Morgan fingerprint density at radius 2 is 1.85 bits per heavy atom. The minimum Gasteiger partial charge on any atom is -0.497 e. The average molecular weight is 381 g/mol. The molecule has 0 fully saturated rings. The van der Waals surface area contributed by atoms with Gasteiger partial charge in [0.1, 0.15) is 5.75 Å². The maximum Gasteiger partial charge on any atom is 0.224 e. The summed E-state index contributed by atoms with van der Waals surface area (Å²) in [5, 5.41) is 2.93. The highest BCUT2D eigenvalue weighted by molar-refractivity contribution is 14.1. The highest BCUT2D eigenvalue weighted by Crippen LogP contribution is 2.17. The third kappa shape index (κ3) is 4.23. The Morgan fingerprint density at radius 1 is 1.15 bits per heavy atom. The number of ether oxygens (including phenoxy) is 1. The Bertz CT molecular complexity index is 581. The second-order valence-electron chi connectivity index (χ2n) is 4.38. The number of para-hydroxylation sites is 1. The minimum absolute atomic E-state index is 0.0323. The number of amides is 1. The lowest BCUT2D eigenvalue weighted by molar-refractivity contribution is -0.116. The van der Waals surface area contributed by atoms with Gasteiger partial charge in [0.05, 0.1) is 12.8 Å². The molecule has 4 heteroatoms. The molecule has 3 nitrogen and oxygen atoms in total. The van der Waals surface area contributed by atoms with E-state index in [1.807, 2.05) is 48.5 Å².